The second kappa shape index (κ2) is 11.5. The van der Waals surface area contributed by atoms with Crippen LogP contribution in [-0.2, 0) is 16.2 Å². The third-order valence-electron chi connectivity index (χ3n) is 5.36. The van der Waals surface area contributed by atoms with Gasteiger partial charge in [-0.3, -0.25) is 14.9 Å². The number of benzene rings is 3. The summed E-state index contributed by atoms with van der Waals surface area (Å²) in [4.78, 5) is 39.3. The van der Waals surface area contributed by atoms with E-state index in [0.717, 1.165) is 10.5 Å². The number of ether oxygens (including phenoxy) is 3. The lowest BCUT2D eigenvalue weighted by Crippen LogP contribution is -2.54. The van der Waals surface area contributed by atoms with Crippen LogP contribution in [0.3, 0.4) is 0 Å². The molecule has 0 aromatic heterocycles. The molecule has 8 nitrogen and oxygen atoms in total. The van der Waals surface area contributed by atoms with Crippen molar-refractivity contribution in [1.29, 1.82) is 0 Å². The number of urea groups is 1. The van der Waals surface area contributed by atoms with E-state index < -0.39 is 17.8 Å². The molecule has 1 fully saturated rings. The average Bonchev–Trinajstić information content (AvgIpc) is 2.87. The number of nitrogens with one attached hydrogen (secondary N) is 1. The predicted molar refractivity (Wildman–Crippen MR) is 143 cm³/mol. The number of halogens is 2. The lowest BCUT2D eigenvalue weighted by atomic mass is 10.1. The predicted octanol–water partition coefficient (Wildman–Crippen LogP) is 5.76. The Kier molecular flexibility index (Phi) is 8.15. The Labute approximate surface area is 226 Å². The first-order chi connectivity index (χ1) is 17.8. The molecule has 1 heterocycles. The summed E-state index contributed by atoms with van der Waals surface area (Å²) in [5.41, 5.74) is 1.52. The molecule has 0 spiro atoms. The minimum absolute atomic E-state index is 0.206. The van der Waals surface area contributed by atoms with Crippen LogP contribution in [0.5, 0.6) is 17.2 Å². The number of nitrogens with zero attached hydrogens (tertiary/aromatic N) is 1. The first kappa shape index (κ1) is 26.2. The Bertz CT molecular complexity index is 1370. The molecule has 0 aliphatic carbocycles. The van der Waals surface area contributed by atoms with E-state index in [4.69, 9.17) is 25.8 Å². The fraction of sp³-hybridized carbons (Fsp3) is 0.148. The van der Waals surface area contributed by atoms with Crippen molar-refractivity contribution in [2.75, 3.05) is 18.6 Å². The molecular formula is C27H22BrClN2O6. The summed E-state index contributed by atoms with van der Waals surface area (Å²) in [5.74, 6) is -0.0786. The topological polar surface area (TPSA) is 94.2 Å². The Morgan fingerprint density at radius 3 is 2.35 bits per heavy atom. The number of amides is 4. The van der Waals surface area contributed by atoms with E-state index in [1.165, 1.54) is 13.2 Å². The Balaban J connectivity index is 1.56. The highest BCUT2D eigenvalue weighted by Crippen LogP contribution is 2.37. The molecule has 0 atom stereocenters. The van der Waals surface area contributed by atoms with E-state index in [2.05, 4.69) is 21.2 Å². The highest BCUT2D eigenvalue weighted by molar-refractivity contribution is 9.10. The average molecular weight is 586 g/mol. The van der Waals surface area contributed by atoms with E-state index in [-0.39, 0.29) is 11.3 Å². The van der Waals surface area contributed by atoms with Crippen LogP contribution in [-0.4, -0.2) is 31.6 Å². The van der Waals surface area contributed by atoms with Crippen LogP contribution in [0.1, 0.15) is 18.1 Å². The summed E-state index contributed by atoms with van der Waals surface area (Å²) in [5, 5.41) is 2.86. The maximum absolute atomic E-state index is 13.3. The molecule has 37 heavy (non-hydrogen) atoms. The number of imide groups is 2. The zero-order valence-corrected chi connectivity index (χ0v) is 22.3. The summed E-state index contributed by atoms with van der Waals surface area (Å²) in [6.07, 6.45) is 1.40. The Morgan fingerprint density at radius 1 is 1.00 bits per heavy atom. The number of carbonyl (C=O) groups excluding carboxylic acids is 3. The minimum atomic E-state index is -0.840. The fourth-order valence-electron chi connectivity index (χ4n) is 3.63. The molecule has 0 radical (unpaired) electrons. The van der Waals surface area contributed by atoms with Crippen LogP contribution >= 0.6 is 27.5 Å². The molecule has 10 heteroatoms. The molecule has 1 N–H and O–H groups in total. The third-order valence-corrected chi connectivity index (χ3v) is 6.20. The van der Waals surface area contributed by atoms with Crippen molar-refractivity contribution < 1.29 is 28.6 Å². The summed E-state index contributed by atoms with van der Waals surface area (Å²) >= 11 is 9.32. The first-order valence-electron chi connectivity index (χ1n) is 11.2. The molecule has 190 valence electrons. The molecular weight excluding hydrogens is 564 g/mol. The molecule has 1 aliphatic rings. The highest BCUT2D eigenvalue weighted by Gasteiger charge is 2.37. The van der Waals surface area contributed by atoms with Crippen molar-refractivity contribution in [3.8, 4) is 17.2 Å². The van der Waals surface area contributed by atoms with Crippen LogP contribution in [0.2, 0.25) is 5.02 Å². The largest absolute Gasteiger partial charge is 0.492 e. The fourth-order valence-corrected chi connectivity index (χ4v) is 4.38. The van der Waals surface area contributed by atoms with Crippen molar-refractivity contribution in [2.45, 2.75) is 13.5 Å². The van der Waals surface area contributed by atoms with Gasteiger partial charge in [0, 0.05) is 5.02 Å². The molecule has 0 unspecified atom stereocenters. The van der Waals surface area contributed by atoms with E-state index >= 15 is 0 Å². The summed E-state index contributed by atoms with van der Waals surface area (Å²) < 4.78 is 17.3. The van der Waals surface area contributed by atoms with Gasteiger partial charge in [0.25, 0.3) is 11.8 Å². The molecule has 0 saturated carbocycles. The maximum Gasteiger partial charge on any atom is 0.335 e. The monoisotopic (exact) mass is 584 g/mol. The maximum atomic E-state index is 13.3. The number of hydrogen-bond donors (Lipinski definition) is 1. The Morgan fingerprint density at radius 2 is 1.70 bits per heavy atom. The molecule has 1 aliphatic heterocycles. The SMILES string of the molecule is CCOc1cc(/C=C2\C(=O)NC(=O)N(c3ccc(OCc4ccc(Cl)cc4)cc3)C2=O)cc(Br)c1OC. The number of anilines is 1. The van der Waals surface area contributed by atoms with Crippen molar-refractivity contribution in [1.82, 2.24) is 5.32 Å². The van der Waals surface area contributed by atoms with Crippen LogP contribution in [0, 0.1) is 0 Å². The lowest BCUT2D eigenvalue weighted by molar-refractivity contribution is -0.122. The van der Waals surface area contributed by atoms with Gasteiger partial charge in [-0.05, 0) is 88.6 Å². The van der Waals surface area contributed by atoms with Gasteiger partial charge in [0.15, 0.2) is 11.5 Å². The van der Waals surface area contributed by atoms with Gasteiger partial charge in [-0.15, -0.1) is 0 Å². The second-order valence-electron chi connectivity index (χ2n) is 7.83. The van der Waals surface area contributed by atoms with Crippen molar-refractivity contribution >= 4 is 57.1 Å². The van der Waals surface area contributed by atoms with Crippen molar-refractivity contribution in [3.05, 3.63) is 86.9 Å². The molecule has 1 saturated heterocycles. The zero-order valence-electron chi connectivity index (χ0n) is 19.9. The summed E-state index contributed by atoms with van der Waals surface area (Å²) in [7, 11) is 1.51. The zero-order chi connectivity index (χ0) is 26.5. The van der Waals surface area contributed by atoms with Gasteiger partial charge >= 0.3 is 6.03 Å². The molecule has 3 aromatic carbocycles. The van der Waals surface area contributed by atoms with Gasteiger partial charge in [-0.1, -0.05) is 23.7 Å². The van der Waals surface area contributed by atoms with Crippen LogP contribution in [0.15, 0.2) is 70.7 Å². The summed E-state index contributed by atoms with van der Waals surface area (Å²) in [6, 6.07) is 16.2. The standard InChI is InChI=1S/C27H22BrClN2O6/c1-3-36-23-14-17(13-22(28)24(23)35-2)12-21-25(32)30-27(34)31(26(21)33)19-8-10-20(11-9-19)37-15-16-4-6-18(29)7-5-16/h4-14H,3,15H2,1-2H3,(H,30,32,34)/b21-12+. The smallest absolute Gasteiger partial charge is 0.335 e. The molecule has 4 rings (SSSR count). The molecule has 4 amide bonds. The third kappa shape index (κ3) is 5.95. The second-order valence-corrected chi connectivity index (χ2v) is 9.12. The normalized spacial score (nSPS) is 14.5. The number of rotatable bonds is 8. The highest BCUT2D eigenvalue weighted by atomic mass is 79.9. The molecule has 0 bridgehead atoms. The van der Waals surface area contributed by atoms with Crippen LogP contribution in [0.4, 0.5) is 10.5 Å². The van der Waals surface area contributed by atoms with Crippen LogP contribution in [0.25, 0.3) is 6.08 Å². The Hall–Kier alpha value is -3.82. The number of barbiturate groups is 1. The lowest BCUT2D eigenvalue weighted by Gasteiger charge is -2.26. The quantitative estimate of drug-likeness (QED) is 0.267. The summed E-state index contributed by atoms with van der Waals surface area (Å²) in [6.45, 7) is 2.54. The van der Waals surface area contributed by atoms with Crippen LogP contribution < -0.4 is 24.4 Å². The molecule has 3 aromatic rings. The van der Waals surface area contributed by atoms with Gasteiger partial charge in [0.2, 0.25) is 0 Å². The van der Waals surface area contributed by atoms with E-state index in [1.807, 2.05) is 19.1 Å². The van der Waals surface area contributed by atoms with Gasteiger partial charge in [-0.25, -0.2) is 9.69 Å². The number of hydrogen-bond acceptors (Lipinski definition) is 6. The van der Waals surface area contributed by atoms with Crippen molar-refractivity contribution in [2.24, 2.45) is 0 Å². The van der Waals surface area contributed by atoms with E-state index in [0.29, 0.717) is 45.5 Å². The number of methoxy groups -OCH3 is 1. The van der Waals surface area contributed by atoms with Gasteiger partial charge in [0.05, 0.1) is 23.9 Å². The van der Waals surface area contributed by atoms with Gasteiger partial charge < -0.3 is 14.2 Å². The first-order valence-corrected chi connectivity index (χ1v) is 12.4. The van der Waals surface area contributed by atoms with Gasteiger partial charge in [0.1, 0.15) is 17.9 Å². The van der Waals surface area contributed by atoms with E-state index in [9.17, 15) is 14.4 Å². The van der Waals surface area contributed by atoms with E-state index in [1.54, 1.807) is 48.5 Å². The van der Waals surface area contributed by atoms with Gasteiger partial charge in [-0.2, -0.15) is 0 Å². The van der Waals surface area contributed by atoms with Crippen molar-refractivity contribution in [3.63, 3.8) is 0 Å². The minimum Gasteiger partial charge on any atom is -0.492 e. The number of carbonyl (C=O) groups is 3.